The summed E-state index contributed by atoms with van der Waals surface area (Å²) in [5, 5.41) is 11.2. The zero-order valence-electron chi connectivity index (χ0n) is 20.4. The standard InChI is InChI=1S/C27H35N3O4/c1-4-7-8-19-34-22-11-9-21(10-12-22)25(31)23-24(20-13-15-28-16-14-20)30(27(33)26(23)32)18-17-29(5-2)6-3/h9-16,24,31H,4-8,17-19H2,1-3H3/b25-23-. The molecule has 2 heterocycles. The Bertz CT molecular complexity index is 985. The number of carbonyl (C=O) groups excluding carboxylic acids is 2. The average Bonchev–Trinajstić information content (AvgIpc) is 3.12. The molecule has 7 nitrogen and oxygen atoms in total. The van der Waals surface area contributed by atoms with Gasteiger partial charge in [-0.15, -0.1) is 0 Å². The van der Waals surface area contributed by atoms with Gasteiger partial charge in [0.1, 0.15) is 11.5 Å². The van der Waals surface area contributed by atoms with Crippen LogP contribution in [0.5, 0.6) is 5.75 Å². The summed E-state index contributed by atoms with van der Waals surface area (Å²) >= 11 is 0. The van der Waals surface area contributed by atoms with Crippen LogP contribution in [0, 0.1) is 0 Å². The summed E-state index contributed by atoms with van der Waals surface area (Å²) < 4.78 is 5.75. The highest BCUT2D eigenvalue weighted by Crippen LogP contribution is 2.39. The number of ether oxygens (including phenoxy) is 1. The van der Waals surface area contributed by atoms with Crippen molar-refractivity contribution in [2.45, 2.75) is 46.1 Å². The number of aliphatic hydroxyl groups excluding tert-OH is 1. The summed E-state index contributed by atoms with van der Waals surface area (Å²) in [5.74, 6) is -0.730. The van der Waals surface area contributed by atoms with Crippen molar-refractivity contribution in [2.75, 3.05) is 32.8 Å². The minimum atomic E-state index is -0.668. The Morgan fingerprint density at radius 2 is 1.71 bits per heavy atom. The first-order chi connectivity index (χ1) is 16.5. The number of Topliss-reactive ketones (excluding diaryl/α,β-unsaturated/α-hetero) is 1. The second-order valence-electron chi connectivity index (χ2n) is 8.38. The molecule has 0 radical (unpaired) electrons. The van der Waals surface area contributed by atoms with Gasteiger partial charge in [0, 0.05) is 31.0 Å². The van der Waals surface area contributed by atoms with Crippen molar-refractivity contribution in [1.82, 2.24) is 14.8 Å². The molecule has 0 spiro atoms. The van der Waals surface area contributed by atoms with E-state index in [1.54, 1.807) is 53.7 Å². The van der Waals surface area contributed by atoms with Crippen molar-refractivity contribution in [3.8, 4) is 5.75 Å². The summed E-state index contributed by atoms with van der Waals surface area (Å²) in [6.45, 7) is 9.65. The highest BCUT2D eigenvalue weighted by molar-refractivity contribution is 6.46. The maximum absolute atomic E-state index is 13.1. The average molecular weight is 466 g/mol. The predicted molar refractivity (Wildman–Crippen MR) is 132 cm³/mol. The monoisotopic (exact) mass is 465 g/mol. The summed E-state index contributed by atoms with van der Waals surface area (Å²) in [6, 6.07) is 9.89. The lowest BCUT2D eigenvalue weighted by atomic mass is 9.96. The summed E-state index contributed by atoms with van der Waals surface area (Å²) in [5.41, 5.74) is 1.32. The van der Waals surface area contributed by atoms with Crippen LogP contribution in [-0.2, 0) is 9.59 Å². The van der Waals surface area contributed by atoms with Gasteiger partial charge in [-0.25, -0.2) is 0 Å². The summed E-state index contributed by atoms with van der Waals surface area (Å²) in [6.07, 6.45) is 6.49. The van der Waals surface area contributed by atoms with Gasteiger partial charge in [0.15, 0.2) is 0 Å². The zero-order valence-corrected chi connectivity index (χ0v) is 20.4. The minimum absolute atomic E-state index is 0.104. The zero-order chi connectivity index (χ0) is 24.5. The van der Waals surface area contributed by atoms with Crippen molar-refractivity contribution < 1.29 is 19.4 Å². The molecule has 1 aromatic heterocycles. The lowest BCUT2D eigenvalue weighted by molar-refractivity contribution is -0.140. The quantitative estimate of drug-likeness (QED) is 0.216. The van der Waals surface area contributed by atoms with Crippen LogP contribution >= 0.6 is 0 Å². The van der Waals surface area contributed by atoms with E-state index in [0.717, 1.165) is 37.9 Å². The number of rotatable bonds is 12. The molecular formula is C27H35N3O4. The van der Waals surface area contributed by atoms with Crippen LogP contribution < -0.4 is 4.74 Å². The van der Waals surface area contributed by atoms with Gasteiger partial charge >= 0.3 is 0 Å². The normalized spacial score (nSPS) is 17.5. The number of hydrogen-bond donors (Lipinski definition) is 1. The number of hydrogen-bond acceptors (Lipinski definition) is 6. The van der Waals surface area contributed by atoms with Gasteiger partial charge in [0.05, 0.1) is 18.2 Å². The van der Waals surface area contributed by atoms with E-state index in [2.05, 4.69) is 30.7 Å². The third-order valence-corrected chi connectivity index (χ3v) is 6.26. The number of pyridine rings is 1. The number of amides is 1. The Kier molecular flexibility index (Phi) is 9.22. The van der Waals surface area contributed by atoms with E-state index in [1.165, 1.54) is 0 Å². The van der Waals surface area contributed by atoms with Crippen molar-refractivity contribution in [3.63, 3.8) is 0 Å². The smallest absolute Gasteiger partial charge is 0.295 e. The molecule has 34 heavy (non-hydrogen) atoms. The highest BCUT2D eigenvalue weighted by atomic mass is 16.5. The number of nitrogens with zero attached hydrogens (tertiary/aromatic N) is 3. The number of aromatic nitrogens is 1. The maximum Gasteiger partial charge on any atom is 0.295 e. The molecular weight excluding hydrogens is 430 g/mol. The van der Waals surface area contributed by atoms with Crippen LogP contribution in [0.1, 0.15) is 57.2 Å². The lowest BCUT2D eigenvalue weighted by Crippen LogP contribution is -2.38. The van der Waals surface area contributed by atoms with Crippen LogP contribution in [0.2, 0.25) is 0 Å². The van der Waals surface area contributed by atoms with Crippen molar-refractivity contribution >= 4 is 17.4 Å². The third kappa shape index (κ3) is 5.83. The molecule has 0 saturated carbocycles. The fourth-order valence-corrected chi connectivity index (χ4v) is 4.20. The number of ketones is 1. The largest absolute Gasteiger partial charge is 0.507 e. The molecule has 1 amide bonds. The number of unbranched alkanes of at least 4 members (excludes halogenated alkanes) is 2. The second-order valence-corrected chi connectivity index (χ2v) is 8.38. The molecule has 0 aliphatic carbocycles. The Balaban J connectivity index is 1.92. The van der Waals surface area contributed by atoms with Gasteiger partial charge in [-0.1, -0.05) is 33.6 Å². The minimum Gasteiger partial charge on any atom is -0.507 e. The van der Waals surface area contributed by atoms with Crippen LogP contribution in [0.3, 0.4) is 0 Å². The van der Waals surface area contributed by atoms with Crippen molar-refractivity contribution in [2.24, 2.45) is 0 Å². The fraction of sp³-hybridized carbons (Fsp3) is 0.444. The van der Waals surface area contributed by atoms with Crippen LogP contribution in [0.15, 0.2) is 54.4 Å². The van der Waals surface area contributed by atoms with Gasteiger partial charge in [0.2, 0.25) is 0 Å². The van der Waals surface area contributed by atoms with Gasteiger partial charge in [-0.05, 0) is 61.5 Å². The number of likely N-dealkylation sites (N-methyl/N-ethyl adjacent to an activating group) is 1. The Labute approximate surface area is 202 Å². The van der Waals surface area contributed by atoms with Gasteiger partial charge in [-0.2, -0.15) is 0 Å². The molecule has 1 aromatic carbocycles. The first-order valence-electron chi connectivity index (χ1n) is 12.2. The molecule has 3 rings (SSSR count). The summed E-state index contributed by atoms with van der Waals surface area (Å²) in [4.78, 5) is 34.0. The SMILES string of the molecule is CCCCCOc1ccc(/C(O)=C2/C(=O)C(=O)N(CCN(CC)CC)C2c2ccncc2)cc1. The van der Waals surface area contributed by atoms with E-state index in [4.69, 9.17) is 4.74 Å². The van der Waals surface area contributed by atoms with Gasteiger partial charge in [-0.3, -0.25) is 14.6 Å². The molecule has 0 bridgehead atoms. The number of carbonyl (C=O) groups is 2. The summed E-state index contributed by atoms with van der Waals surface area (Å²) in [7, 11) is 0. The van der Waals surface area contributed by atoms with Crippen LogP contribution in [0.25, 0.3) is 5.76 Å². The molecule has 1 unspecified atom stereocenters. The van der Waals surface area contributed by atoms with E-state index in [9.17, 15) is 14.7 Å². The lowest BCUT2D eigenvalue weighted by Gasteiger charge is -2.28. The molecule has 1 aliphatic rings. The topological polar surface area (TPSA) is 83.0 Å². The van der Waals surface area contributed by atoms with Gasteiger partial charge in [0.25, 0.3) is 11.7 Å². The highest BCUT2D eigenvalue weighted by Gasteiger charge is 2.45. The molecule has 1 fully saturated rings. The van der Waals surface area contributed by atoms with Crippen LogP contribution in [0.4, 0.5) is 0 Å². The van der Waals surface area contributed by atoms with Crippen LogP contribution in [-0.4, -0.2) is 64.4 Å². The van der Waals surface area contributed by atoms with E-state index in [-0.39, 0.29) is 11.3 Å². The molecule has 182 valence electrons. The molecule has 1 saturated heterocycles. The maximum atomic E-state index is 13.1. The molecule has 1 N–H and O–H groups in total. The Morgan fingerprint density at radius 1 is 1.03 bits per heavy atom. The fourth-order valence-electron chi connectivity index (χ4n) is 4.20. The van der Waals surface area contributed by atoms with E-state index in [0.29, 0.717) is 31.0 Å². The first-order valence-corrected chi connectivity index (χ1v) is 12.2. The first kappa shape index (κ1) is 25.4. The Hall–Kier alpha value is -3.19. The molecule has 2 aromatic rings. The van der Waals surface area contributed by atoms with E-state index < -0.39 is 17.7 Å². The Morgan fingerprint density at radius 3 is 2.32 bits per heavy atom. The predicted octanol–water partition coefficient (Wildman–Crippen LogP) is 4.41. The van der Waals surface area contributed by atoms with E-state index >= 15 is 0 Å². The van der Waals surface area contributed by atoms with Crippen molar-refractivity contribution in [1.29, 1.82) is 0 Å². The third-order valence-electron chi connectivity index (χ3n) is 6.26. The second kappa shape index (κ2) is 12.3. The number of benzene rings is 1. The molecule has 1 atom stereocenters. The van der Waals surface area contributed by atoms with E-state index in [1.807, 2.05) is 0 Å². The molecule has 7 heteroatoms. The number of aliphatic hydroxyl groups is 1. The molecule has 1 aliphatic heterocycles. The number of likely N-dealkylation sites (tertiary alicyclic amines) is 1. The van der Waals surface area contributed by atoms with Gasteiger partial charge < -0.3 is 19.6 Å². The van der Waals surface area contributed by atoms with Crippen molar-refractivity contribution in [3.05, 3.63) is 65.5 Å².